The molecular weight excluding hydrogens is 250 g/mol. The third-order valence-corrected chi connectivity index (χ3v) is 2.96. The molecule has 96 valence electrons. The van der Waals surface area contributed by atoms with Crippen molar-refractivity contribution in [1.29, 1.82) is 5.26 Å². The Morgan fingerprint density at radius 2 is 2.00 bits per heavy atom. The van der Waals surface area contributed by atoms with Crippen LogP contribution >= 0.6 is 0 Å². The Morgan fingerprint density at radius 1 is 1.10 bits per heavy atom. The highest BCUT2D eigenvalue weighted by Crippen LogP contribution is 2.19. The number of para-hydroxylation sites is 1. The minimum atomic E-state index is 0.302. The van der Waals surface area contributed by atoms with Gasteiger partial charge in [-0.25, -0.2) is 4.98 Å². The normalized spacial score (nSPS) is 10.2. The Kier molecular flexibility index (Phi) is 3.25. The predicted octanol–water partition coefficient (Wildman–Crippen LogP) is 3.08. The number of fused-ring (bicyclic) bond motifs is 1. The third-order valence-electron chi connectivity index (χ3n) is 2.96. The minimum absolute atomic E-state index is 0.302. The van der Waals surface area contributed by atoms with E-state index >= 15 is 0 Å². The molecule has 0 aliphatic carbocycles. The van der Waals surface area contributed by atoms with Crippen molar-refractivity contribution in [3.8, 4) is 11.8 Å². The average molecular weight is 261 g/mol. The molecule has 2 aromatic heterocycles. The maximum Gasteiger partial charge on any atom is 0.147 e. The van der Waals surface area contributed by atoms with Crippen LogP contribution in [0.5, 0.6) is 5.75 Å². The molecule has 0 atom stereocenters. The fraction of sp³-hybridized carbons (Fsp3) is 0.0625. The first kappa shape index (κ1) is 12.1. The van der Waals surface area contributed by atoms with Gasteiger partial charge >= 0.3 is 0 Å². The van der Waals surface area contributed by atoms with Crippen LogP contribution in [-0.2, 0) is 6.61 Å². The van der Waals surface area contributed by atoms with Crippen LogP contribution in [0.2, 0.25) is 0 Å². The molecule has 20 heavy (non-hydrogen) atoms. The van der Waals surface area contributed by atoms with Crippen LogP contribution in [0.4, 0.5) is 0 Å². The lowest BCUT2D eigenvalue weighted by Gasteiger charge is -2.07. The van der Waals surface area contributed by atoms with Gasteiger partial charge in [-0.1, -0.05) is 24.3 Å². The summed E-state index contributed by atoms with van der Waals surface area (Å²) in [5.41, 5.74) is 2.09. The quantitative estimate of drug-likeness (QED) is 0.727. The molecule has 0 bridgehead atoms. The topological polar surface area (TPSA) is 58.8 Å². The minimum Gasteiger partial charge on any atom is -0.487 e. The van der Waals surface area contributed by atoms with Crippen molar-refractivity contribution in [2.75, 3.05) is 0 Å². The van der Waals surface area contributed by atoms with E-state index in [0.29, 0.717) is 18.1 Å². The summed E-state index contributed by atoms with van der Waals surface area (Å²) >= 11 is 0. The molecule has 0 saturated heterocycles. The van der Waals surface area contributed by atoms with Crippen molar-refractivity contribution in [2.45, 2.75) is 6.61 Å². The summed E-state index contributed by atoms with van der Waals surface area (Å²) in [4.78, 5) is 8.33. The lowest BCUT2D eigenvalue weighted by molar-refractivity contribution is 0.304. The van der Waals surface area contributed by atoms with Crippen molar-refractivity contribution < 1.29 is 4.74 Å². The lowest BCUT2D eigenvalue weighted by Crippen LogP contribution is -2.00. The smallest absolute Gasteiger partial charge is 0.147 e. The molecule has 1 aromatic carbocycles. The van der Waals surface area contributed by atoms with Crippen LogP contribution in [0.15, 0.2) is 54.9 Å². The van der Waals surface area contributed by atoms with E-state index in [2.05, 4.69) is 16.0 Å². The van der Waals surface area contributed by atoms with Crippen LogP contribution < -0.4 is 4.74 Å². The van der Waals surface area contributed by atoms with Gasteiger partial charge in [-0.05, 0) is 18.2 Å². The maximum absolute atomic E-state index is 8.98. The molecule has 0 unspecified atom stereocenters. The maximum atomic E-state index is 8.98. The number of benzene rings is 1. The van der Waals surface area contributed by atoms with Gasteiger partial charge in [0.05, 0.1) is 11.7 Å². The molecule has 0 fully saturated rings. The summed E-state index contributed by atoms with van der Waals surface area (Å²) in [5, 5.41) is 10.0. The molecule has 4 nitrogen and oxygen atoms in total. The molecule has 3 rings (SSSR count). The number of ether oxygens (including phenoxy) is 1. The van der Waals surface area contributed by atoms with E-state index in [-0.39, 0.29) is 0 Å². The third kappa shape index (κ3) is 2.43. The summed E-state index contributed by atoms with van der Waals surface area (Å²) in [7, 11) is 0. The van der Waals surface area contributed by atoms with E-state index in [1.54, 1.807) is 18.5 Å². The van der Waals surface area contributed by atoms with Gasteiger partial charge in [0.2, 0.25) is 0 Å². The van der Waals surface area contributed by atoms with Gasteiger partial charge in [0.25, 0.3) is 0 Å². The fourth-order valence-corrected chi connectivity index (χ4v) is 1.95. The molecule has 0 spiro atoms. The zero-order valence-electron chi connectivity index (χ0n) is 10.7. The highest BCUT2D eigenvalue weighted by Gasteiger charge is 2.04. The zero-order valence-corrected chi connectivity index (χ0v) is 10.7. The summed E-state index contributed by atoms with van der Waals surface area (Å²) in [6.45, 7) is 0.302. The summed E-state index contributed by atoms with van der Waals surface area (Å²) < 4.78 is 5.69. The molecule has 0 saturated carbocycles. The highest BCUT2D eigenvalue weighted by atomic mass is 16.5. The van der Waals surface area contributed by atoms with Gasteiger partial charge in [0, 0.05) is 17.1 Å². The summed E-state index contributed by atoms with van der Waals surface area (Å²) in [6.07, 6.45) is 3.28. The molecule has 0 radical (unpaired) electrons. The second-order valence-electron chi connectivity index (χ2n) is 4.28. The molecule has 2 heterocycles. The first-order valence-electron chi connectivity index (χ1n) is 6.18. The van der Waals surface area contributed by atoms with E-state index in [1.807, 2.05) is 36.4 Å². The second-order valence-corrected chi connectivity index (χ2v) is 4.28. The van der Waals surface area contributed by atoms with Crippen LogP contribution in [-0.4, -0.2) is 9.97 Å². The molecule has 0 amide bonds. The van der Waals surface area contributed by atoms with E-state index in [9.17, 15) is 0 Å². The lowest BCUT2D eigenvalue weighted by atomic mass is 10.2. The van der Waals surface area contributed by atoms with E-state index in [1.165, 1.54) is 0 Å². The Morgan fingerprint density at radius 3 is 2.90 bits per heavy atom. The summed E-state index contributed by atoms with van der Waals surface area (Å²) in [5.74, 6) is 0.677. The Bertz CT molecular complexity index is 793. The first-order chi connectivity index (χ1) is 9.86. The molecule has 0 aliphatic rings. The van der Waals surface area contributed by atoms with Crippen molar-refractivity contribution in [3.05, 3.63) is 66.1 Å². The largest absolute Gasteiger partial charge is 0.487 e. The Labute approximate surface area is 116 Å². The average Bonchev–Trinajstić information content (AvgIpc) is 2.53. The second kappa shape index (κ2) is 5.37. The van der Waals surface area contributed by atoms with E-state index in [4.69, 9.17) is 10.00 Å². The SMILES string of the molecule is N#Cc1ncccc1COc1cnc2ccccc2c1. The molecular formula is C16H11N3O. The van der Waals surface area contributed by atoms with Crippen LogP contribution in [0.1, 0.15) is 11.3 Å². The van der Waals surface area contributed by atoms with Crippen molar-refractivity contribution in [1.82, 2.24) is 9.97 Å². The zero-order chi connectivity index (χ0) is 13.8. The van der Waals surface area contributed by atoms with Gasteiger partial charge < -0.3 is 4.74 Å². The van der Waals surface area contributed by atoms with Gasteiger partial charge in [-0.2, -0.15) is 5.26 Å². The van der Waals surface area contributed by atoms with Crippen LogP contribution in [0, 0.1) is 11.3 Å². The van der Waals surface area contributed by atoms with Crippen LogP contribution in [0.3, 0.4) is 0 Å². The van der Waals surface area contributed by atoms with Gasteiger partial charge in [0.1, 0.15) is 24.1 Å². The van der Waals surface area contributed by atoms with Gasteiger partial charge in [-0.15, -0.1) is 0 Å². The van der Waals surface area contributed by atoms with Gasteiger partial charge in [0.15, 0.2) is 0 Å². The number of hydrogen-bond donors (Lipinski definition) is 0. The van der Waals surface area contributed by atoms with Crippen molar-refractivity contribution >= 4 is 10.9 Å². The van der Waals surface area contributed by atoms with Gasteiger partial charge in [-0.3, -0.25) is 4.98 Å². The number of hydrogen-bond acceptors (Lipinski definition) is 4. The summed E-state index contributed by atoms with van der Waals surface area (Å²) in [6, 6.07) is 15.5. The molecule has 3 aromatic rings. The monoisotopic (exact) mass is 261 g/mol. The number of aromatic nitrogens is 2. The molecule has 0 N–H and O–H groups in total. The molecule has 0 aliphatic heterocycles. The van der Waals surface area contributed by atoms with Crippen molar-refractivity contribution in [2.24, 2.45) is 0 Å². The highest BCUT2D eigenvalue weighted by molar-refractivity contribution is 5.79. The Hall–Kier alpha value is -2.93. The van der Waals surface area contributed by atoms with Crippen LogP contribution in [0.25, 0.3) is 10.9 Å². The first-order valence-corrected chi connectivity index (χ1v) is 6.18. The standard InChI is InChI=1S/C16H11N3O/c17-9-16-13(5-3-7-18-16)11-20-14-8-12-4-1-2-6-15(12)19-10-14/h1-8,10H,11H2. The number of nitrogens with zero attached hydrogens (tertiary/aromatic N) is 3. The van der Waals surface area contributed by atoms with Crippen molar-refractivity contribution in [3.63, 3.8) is 0 Å². The Balaban J connectivity index is 1.82. The van der Waals surface area contributed by atoms with E-state index < -0.39 is 0 Å². The fourth-order valence-electron chi connectivity index (χ4n) is 1.95. The molecule has 4 heteroatoms. The number of nitriles is 1. The number of pyridine rings is 2. The predicted molar refractivity (Wildman–Crippen MR) is 75.0 cm³/mol. The van der Waals surface area contributed by atoms with E-state index in [0.717, 1.165) is 16.5 Å². The number of rotatable bonds is 3.